The lowest BCUT2D eigenvalue weighted by atomic mass is 10.2. The summed E-state index contributed by atoms with van der Waals surface area (Å²) >= 11 is 3.17. The zero-order chi connectivity index (χ0) is 14.5. The second kappa shape index (κ2) is 6.79. The molecule has 2 N–H and O–H groups in total. The monoisotopic (exact) mass is 339 g/mol. The van der Waals surface area contributed by atoms with E-state index in [-0.39, 0.29) is 6.42 Å². The van der Waals surface area contributed by atoms with Crippen molar-refractivity contribution in [3.63, 3.8) is 0 Å². The molecule has 1 rings (SSSR count). The number of nitrogens with one attached hydrogen (secondary N) is 1. The predicted molar refractivity (Wildman–Crippen MR) is 69.1 cm³/mol. The smallest absolute Gasteiger partial charge is 0.416 e. The highest BCUT2D eigenvalue weighted by Crippen LogP contribution is 2.33. The second-order valence-electron chi connectivity index (χ2n) is 3.97. The van der Waals surface area contributed by atoms with Crippen LogP contribution in [0.2, 0.25) is 0 Å². The molecule has 0 aromatic heterocycles. The highest BCUT2D eigenvalue weighted by molar-refractivity contribution is 9.10. The molecule has 0 unspecified atom stereocenters. The number of carboxylic acids is 1. The maximum Gasteiger partial charge on any atom is 0.416 e. The predicted octanol–water partition coefficient (Wildman–Crippen LogP) is 4.13. The third kappa shape index (κ3) is 5.50. The summed E-state index contributed by atoms with van der Waals surface area (Å²) in [6, 6.07) is 3.36. The summed E-state index contributed by atoms with van der Waals surface area (Å²) in [6.45, 7) is 0.424. The van der Waals surface area contributed by atoms with Crippen molar-refractivity contribution in [3.8, 4) is 0 Å². The zero-order valence-corrected chi connectivity index (χ0v) is 11.5. The van der Waals surface area contributed by atoms with Crippen LogP contribution in [0.5, 0.6) is 0 Å². The normalized spacial score (nSPS) is 11.4. The van der Waals surface area contributed by atoms with Gasteiger partial charge in [-0.05, 0) is 47.0 Å². The van der Waals surface area contributed by atoms with Gasteiger partial charge in [-0.1, -0.05) is 0 Å². The van der Waals surface area contributed by atoms with Crippen LogP contribution in [0.15, 0.2) is 22.7 Å². The van der Waals surface area contributed by atoms with E-state index >= 15 is 0 Å². The highest BCUT2D eigenvalue weighted by Gasteiger charge is 2.30. The minimum absolute atomic E-state index is 0.0610. The molecule has 1 aromatic rings. The number of alkyl halides is 3. The SMILES string of the molecule is O=C(O)CCCCNc1cc(C(F)(F)F)ccc1Br. The summed E-state index contributed by atoms with van der Waals surface area (Å²) in [5.41, 5.74) is -0.367. The van der Waals surface area contributed by atoms with Crippen molar-refractivity contribution in [3.05, 3.63) is 28.2 Å². The Morgan fingerprint density at radius 2 is 2.00 bits per heavy atom. The largest absolute Gasteiger partial charge is 0.481 e. The van der Waals surface area contributed by atoms with Crippen molar-refractivity contribution in [2.24, 2.45) is 0 Å². The van der Waals surface area contributed by atoms with E-state index in [0.717, 1.165) is 12.1 Å². The molecular formula is C12H13BrF3NO2. The van der Waals surface area contributed by atoms with Crippen molar-refractivity contribution >= 4 is 27.6 Å². The number of rotatable bonds is 6. The van der Waals surface area contributed by atoms with E-state index in [2.05, 4.69) is 21.2 Å². The van der Waals surface area contributed by atoms with Crippen LogP contribution in [0.4, 0.5) is 18.9 Å². The summed E-state index contributed by atoms with van der Waals surface area (Å²) in [7, 11) is 0. The fourth-order valence-corrected chi connectivity index (χ4v) is 1.85. The Labute approximate surface area is 116 Å². The summed E-state index contributed by atoms with van der Waals surface area (Å²) in [4.78, 5) is 10.3. The minimum atomic E-state index is -4.37. The first-order chi connectivity index (χ1) is 8.80. The molecule has 106 valence electrons. The van der Waals surface area contributed by atoms with Crippen LogP contribution in [0.1, 0.15) is 24.8 Å². The lowest BCUT2D eigenvalue weighted by molar-refractivity contribution is -0.138. The Kier molecular flexibility index (Phi) is 5.65. The standard InChI is InChI=1S/C12H13BrF3NO2/c13-9-5-4-8(12(14,15)16)7-10(9)17-6-2-1-3-11(18)19/h4-5,7,17H,1-3,6H2,(H,18,19). The van der Waals surface area contributed by atoms with Crippen LogP contribution in [-0.4, -0.2) is 17.6 Å². The summed E-state index contributed by atoms with van der Waals surface area (Å²) in [6.07, 6.45) is -3.25. The lowest BCUT2D eigenvalue weighted by Gasteiger charge is -2.12. The van der Waals surface area contributed by atoms with Crippen molar-refractivity contribution < 1.29 is 23.1 Å². The number of benzene rings is 1. The molecule has 0 saturated carbocycles. The average molecular weight is 340 g/mol. The highest BCUT2D eigenvalue weighted by atomic mass is 79.9. The number of hydrogen-bond donors (Lipinski definition) is 2. The van der Waals surface area contributed by atoms with E-state index in [1.165, 1.54) is 6.07 Å². The van der Waals surface area contributed by atoms with Gasteiger partial charge in [0.1, 0.15) is 0 Å². The average Bonchev–Trinajstić information content (AvgIpc) is 2.29. The zero-order valence-electron chi connectivity index (χ0n) is 9.93. The molecule has 0 aliphatic heterocycles. The van der Waals surface area contributed by atoms with Crippen molar-refractivity contribution in [1.82, 2.24) is 0 Å². The van der Waals surface area contributed by atoms with Gasteiger partial charge in [0, 0.05) is 23.1 Å². The number of carbonyl (C=O) groups is 1. The topological polar surface area (TPSA) is 49.3 Å². The summed E-state index contributed by atoms with van der Waals surface area (Å²) in [5, 5.41) is 11.3. The van der Waals surface area contributed by atoms with Crippen LogP contribution < -0.4 is 5.32 Å². The summed E-state index contributed by atoms with van der Waals surface area (Å²) in [5.74, 6) is -0.875. The molecule has 1 aromatic carbocycles. The molecule has 0 spiro atoms. The number of halogens is 4. The quantitative estimate of drug-likeness (QED) is 0.766. The van der Waals surface area contributed by atoms with E-state index in [4.69, 9.17) is 5.11 Å². The maximum absolute atomic E-state index is 12.5. The van der Waals surface area contributed by atoms with Crippen molar-refractivity contribution in [2.45, 2.75) is 25.4 Å². The Hall–Kier alpha value is -1.24. The third-order valence-corrected chi connectivity index (χ3v) is 3.12. The Morgan fingerprint density at radius 1 is 1.32 bits per heavy atom. The van der Waals surface area contributed by atoms with Gasteiger partial charge in [0.25, 0.3) is 0 Å². The second-order valence-corrected chi connectivity index (χ2v) is 4.82. The fraction of sp³-hybridized carbons (Fsp3) is 0.417. The molecule has 7 heteroatoms. The molecule has 0 saturated heterocycles. The van der Waals surface area contributed by atoms with Crippen LogP contribution in [-0.2, 0) is 11.0 Å². The van der Waals surface area contributed by atoms with Crippen molar-refractivity contribution in [1.29, 1.82) is 0 Å². The number of carboxylic acid groups (broad SMARTS) is 1. The van der Waals surface area contributed by atoms with Gasteiger partial charge in [-0.15, -0.1) is 0 Å². The first kappa shape index (κ1) is 15.8. The van der Waals surface area contributed by atoms with E-state index in [1.807, 2.05) is 0 Å². The lowest BCUT2D eigenvalue weighted by Crippen LogP contribution is -2.08. The number of aliphatic carboxylic acids is 1. The Bertz CT molecular complexity index is 449. The van der Waals surface area contributed by atoms with E-state index < -0.39 is 17.7 Å². The van der Waals surface area contributed by atoms with E-state index in [1.54, 1.807) is 0 Å². The Morgan fingerprint density at radius 3 is 2.58 bits per heavy atom. The molecule has 0 heterocycles. The third-order valence-electron chi connectivity index (χ3n) is 2.43. The molecule has 19 heavy (non-hydrogen) atoms. The van der Waals surface area contributed by atoms with Gasteiger partial charge in [-0.3, -0.25) is 4.79 Å². The Balaban J connectivity index is 2.55. The number of anilines is 1. The molecule has 0 fully saturated rings. The van der Waals surface area contributed by atoms with Gasteiger partial charge in [-0.2, -0.15) is 13.2 Å². The molecule has 3 nitrogen and oxygen atoms in total. The maximum atomic E-state index is 12.5. The summed E-state index contributed by atoms with van der Waals surface area (Å²) < 4.78 is 38.1. The van der Waals surface area contributed by atoms with Gasteiger partial charge in [0.05, 0.1) is 5.56 Å². The van der Waals surface area contributed by atoms with Crippen LogP contribution in [0.25, 0.3) is 0 Å². The minimum Gasteiger partial charge on any atom is -0.481 e. The van der Waals surface area contributed by atoms with E-state index in [0.29, 0.717) is 29.5 Å². The molecule has 0 bridgehead atoms. The number of hydrogen-bond acceptors (Lipinski definition) is 2. The fourth-order valence-electron chi connectivity index (χ4n) is 1.46. The molecule has 0 aliphatic carbocycles. The molecule has 0 aliphatic rings. The molecular weight excluding hydrogens is 327 g/mol. The number of unbranched alkanes of at least 4 members (excludes halogenated alkanes) is 1. The first-order valence-electron chi connectivity index (χ1n) is 5.63. The van der Waals surface area contributed by atoms with Crippen LogP contribution in [0, 0.1) is 0 Å². The van der Waals surface area contributed by atoms with Gasteiger partial charge in [0.2, 0.25) is 0 Å². The van der Waals surface area contributed by atoms with Gasteiger partial charge in [0.15, 0.2) is 0 Å². The molecule has 0 radical (unpaired) electrons. The van der Waals surface area contributed by atoms with Crippen LogP contribution >= 0.6 is 15.9 Å². The van der Waals surface area contributed by atoms with Gasteiger partial charge >= 0.3 is 12.1 Å². The first-order valence-corrected chi connectivity index (χ1v) is 6.42. The van der Waals surface area contributed by atoms with Crippen LogP contribution in [0.3, 0.4) is 0 Å². The van der Waals surface area contributed by atoms with E-state index in [9.17, 15) is 18.0 Å². The van der Waals surface area contributed by atoms with Gasteiger partial charge in [-0.25, -0.2) is 0 Å². The molecule has 0 amide bonds. The van der Waals surface area contributed by atoms with Crippen molar-refractivity contribution in [2.75, 3.05) is 11.9 Å². The molecule has 0 atom stereocenters. The van der Waals surface area contributed by atoms with Gasteiger partial charge < -0.3 is 10.4 Å².